The normalized spacial score (nSPS) is 12.7. The Morgan fingerprint density at radius 3 is 1.13 bits per heavy atom. The average molecular weight is 698 g/mol. The van der Waals surface area contributed by atoms with Crippen LogP contribution in [0.2, 0.25) is 0 Å². The van der Waals surface area contributed by atoms with Gasteiger partial charge in [0.25, 0.3) is 0 Å². The van der Waals surface area contributed by atoms with Gasteiger partial charge in [-0.2, -0.15) is 0 Å². The molecule has 0 aromatic carbocycles. The van der Waals surface area contributed by atoms with Crippen LogP contribution in [0.5, 0.6) is 0 Å². The molecule has 45 heavy (non-hydrogen) atoms. The molecule has 0 rings (SSSR count). The van der Waals surface area contributed by atoms with Gasteiger partial charge in [0.1, 0.15) is 0 Å². The summed E-state index contributed by atoms with van der Waals surface area (Å²) in [4.78, 5) is 0. The molecule has 0 amide bonds. The van der Waals surface area contributed by atoms with E-state index >= 15 is 0 Å². The quantitative estimate of drug-likeness (QED) is 0.0362. The number of hydrogen-bond acceptors (Lipinski definition) is 2. The molecule has 268 valence electrons. The Balaban J connectivity index is 3.30. The molecule has 0 saturated carbocycles. The Bertz CT molecular complexity index is 575. The highest BCUT2D eigenvalue weighted by Crippen LogP contribution is 2.13. The van der Waals surface area contributed by atoms with Crippen LogP contribution < -0.4 is 0 Å². The van der Waals surface area contributed by atoms with E-state index < -0.39 is 0 Å². The van der Waals surface area contributed by atoms with Gasteiger partial charge in [-0.15, -0.1) is 0 Å². The highest BCUT2D eigenvalue weighted by atomic mass is 79.9. The Morgan fingerprint density at radius 2 is 0.733 bits per heavy atom. The van der Waals surface area contributed by atoms with Crippen molar-refractivity contribution in [2.45, 2.75) is 219 Å². The summed E-state index contributed by atoms with van der Waals surface area (Å²) >= 11 is 3.66. The standard InChI is InChI=1S/C42H81BrO2/c1-3-5-7-9-11-13-15-17-19-21-23-25-27-29-31-34-38-44-39-36-33-37-42(41-43)45-40-35-32-30-28-26-24-22-20-18-16-14-12-10-8-6-4-2/h17-20,42H,3-16,21-41H2,1-2H3/b19-17-,20-18-. The molecule has 0 aliphatic rings. The molecule has 0 aliphatic carbocycles. The minimum absolute atomic E-state index is 0.365. The lowest BCUT2D eigenvalue weighted by Crippen LogP contribution is -2.15. The second kappa shape index (κ2) is 41.9. The van der Waals surface area contributed by atoms with Gasteiger partial charge in [-0.1, -0.05) is 170 Å². The lowest BCUT2D eigenvalue weighted by Gasteiger charge is -2.15. The molecule has 0 N–H and O–H groups in total. The molecule has 0 saturated heterocycles. The zero-order valence-corrected chi connectivity index (χ0v) is 32.4. The first-order valence-electron chi connectivity index (χ1n) is 20.4. The van der Waals surface area contributed by atoms with Crippen LogP contribution in [0.15, 0.2) is 24.3 Å². The summed E-state index contributed by atoms with van der Waals surface area (Å²) in [7, 11) is 0. The summed E-state index contributed by atoms with van der Waals surface area (Å²) in [6.45, 7) is 7.35. The highest BCUT2D eigenvalue weighted by Gasteiger charge is 2.07. The Labute approximate surface area is 292 Å². The highest BCUT2D eigenvalue weighted by molar-refractivity contribution is 9.09. The molecule has 0 aromatic heterocycles. The SMILES string of the molecule is CCCCCCCC/C=C\CCCCCCCCOCCCCC(CBr)OCCCCCCCC/C=C\CCCCCCCC. The predicted molar refractivity (Wildman–Crippen MR) is 207 cm³/mol. The number of rotatable bonds is 39. The molecular formula is C42H81BrO2. The van der Waals surface area contributed by atoms with Gasteiger partial charge in [0.15, 0.2) is 0 Å². The molecule has 1 atom stereocenters. The largest absolute Gasteiger partial charge is 0.381 e. The van der Waals surface area contributed by atoms with E-state index in [-0.39, 0.29) is 0 Å². The van der Waals surface area contributed by atoms with Crippen molar-refractivity contribution >= 4 is 15.9 Å². The molecule has 3 heteroatoms. The summed E-state index contributed by atoms with van der Waals surface area (Å²) in [5, 5.41) is 0.954. The maximum absolute atomic E-state index is 6.15. The van der Waals surface area contributed by atoms with E-state index in [0.717, 1.165) is 38.0 Å². The van der Waals surface area contributed by atoms with E-state index in [0.29, 0.717) is 6.10 Å². The van der Waals surface area contributed by atoms with Gasteiger partial charge < -0.3 is 9.47 Å². The first kappa shape index (κ1) is 44.9. The summed E-state index contributed by atoms with van der Waals surface area (Å²) in [6.07, 6.45) is 51.6. The molecule has 0 aliphatic heterocycles. The smallest absolute Gasteiger partial charge is 0.0671 e. The van der Waals surface area contributed by atoms with Gasteiger partial charge in [0, 0.05) is 25.2 Å². The minimum Gasteiger partial charge on any atom is -0.381 e. The molecule has 0 radical (unpaired) electrons. The topological polar surface area (TPSA) is 18.5 Å². The zero-order valence-electron chi connectivity index (χ0n) is 30.8. The molecule has 2 nitrogen and oxygen atoms in total. The molecule has 0 heterocycles. The average Bonchev–Trinajstić information content (AvgIpc) is 3.05. The van der Waals surface area contributed by atoms with E-state index in [1.807, 2.05) is 0 Å². The molecule has 0 bridgehead atoms. The third-order valence-electron chi connectivity index (χ3n) is 9.05. The van der Waals surface area contributed by atoms with Crippen LogP contribution in [0.4, 0.5) is 0 Å². The second-order valence-corrected chi connectivity index (χ2v) is 14.3. The maximum atomic E-state index is 6.15. The summed E-state index contributed by atoms with van der Waals surface area (Å²) in [5.74, 6) is 0. The van der Waals surface area contributed by atoms with Crippen LogP contribution in [0, 0.1) is 0 Å². The maximum Gasteiger partial charge on any atom is 0.0671 e. The molecular weight excluding hydrogens is 616 g/mol. The van der Waals surface area contributed by atoms with Gasteiger partial charge in [-0.3, -0.25) is 0 Å². The van der Waals surface area contributed by atoms with Crippen molar-refractivity contribution in [3.05, 3.63) is 24.3 Å². The number of halogens is 1. The first-order chi connectivity index (χ1) is 22.3. The van der Waals surface area contributed by atoms with Crippen molar-refractivity contribution in [2.24, 2.45) is 0 Å². The van der Waals surface area contributed by atoms with Crippen LogP contribution in [0.3, 0.4) is 0 Å². The van der Waals surface area contributed by atoms with Gasteiger partial charge in [-0.25, -0.2) is 0 Å². The third kappa shape index (κ3) is 40.0. The van der Waals surface area contributed by atoms with E-state index in [4.69, 9.17) is 9.47 Å². The number of allylic oxidation sites excluding steroid dienone is 4. The fourth-order valence-electron chi connectivity index (χ4n) is 5.93. The molecule has 1 unspecified atom stereocenters. The Kier molecular flexibility index (Phi) is 41.8. The van der Waals surface area contributed by atoms with E-state index in [2.05, 4.69) is 54.1 Å². The fraction of sp³-hybridized carbons (Fsp3) is 0.905. The Morgan fingerprint density at radius 1 is 0.400 bits per heavy atom. The van der Waals surface area contributed by atoms with E-state index in [1.54, 1.807) is 0 Å². The van der Waals surface area contributed by atoms with Gasteiger partial charge in [0.2, 0.25) is 0 Å². The number of alkyl halides is 1. The van der Waals surface area contributed by atoms with Crippen molar-refractivity contribution < 1.29 is 9.47 Å². The Hall–Kier alpha value is -0.120. The lowest BCUT2D eigenvalue weighted by atomic mass is 10.1. The molecule has 0 spiro atoms. The monoisotopic (exact) mass is 697 g/mol. The van der Waals surface area contributed by atoms with Crippen LogP contribution >= 0.6 is 15.9 Å². The number of unbranched alkanes of at least 4 members (excludes halogenated alkanes) is 25. The van der Waals surface area contributed by atoms with Crippen molar-refractivity contribution in [1.82, 2.24) is 0 Å². The summed E-state index contributed by atoms with van der Waals surface area (Å²) in [5.41, 5.74) is 0. The summed E-state index contributed by atoms with van der Waals surface area (Å²) in [6, 6.07) is 0. The van der Waals surface area contributed by atoms with E-state index in [9.17, 15) is 0 Å². The van der Waals surface area contributed by atoms with Crippen LogP contribution in [-0.4, -0.2) is 31.3 Å². The zero-order chi connectivity index (χ0) is 32.6. The van der Waals surface area contributed by atoms with Gasteiger partial charge in [0.05, 0.1) is 6.10 Å². The number of ether oxygens (including phenoxy) is 2. The van der Waals surface area contributed by atoms with Crippen molar-refractivity contribution in [3.63, 3.8) is 0 Å². The van der Waals surface area contributed by atoms with Gasteiger partial charge >= 0.3 is 0 Å². The van der Waals surface area contributed by atoms with Crippen LogP contribution in [0.25, 0.3) is 0 Å². The van der Waals surface area contributed by atoms with Gasteiger partial charge in [-0.05, 0) is 83.5 Å². The van der Waals surface area contributed by atoms with Crippen LogP contribution in [0.1, 0.15) is 213 Å². The van der Waals surface area contributed by atoms with Crippen molar-refractivity contribution in [1.29, 1.82) is 0 Å². The van der Waals surface area contributed by atoms with Crippen LogP contribution in [-0.2, 0) is 9.47 Å². The third-order valence-corrected chi connectivity index (χ3v) is 9.77. The van der Waals surface area contributed by atoms with Crippen molar-refractivity contribution in [3.8, 4) is 0 Å². The first-order valence-corrected chi connectivity index (χ1v) is 21.5. The number of hydrogen-bond donors (Lipinski definition) is 0. The fourth-order valence-corrected chi connectivity index (χ4v) is 6.45. The van der Waals surface area contributed by atoms with Crippen molar-refractivity contribution in [2.75, 3.05) is 25.2 Å². The van der Waals surface area contributed by atoms with E-state index in [1.165, 1.54) is 186 Å². The molecule has 0 aromatic rings. The second-order valence-electron chi connectivity index (χ2n) is 13.6. The summed E-state index contributed by atoms with van der Waals surface area (Å²) < 4.78 is 12.1. The molecule has 0 fully saturated rings. The lowest BCUT2D eigenvalue weighted by molar-refractivity contribution is 0.0566. The predicted octanol–water partition coefficient (Wildman–Crippen LogP) is 15.0. The minimum atomic E-state index is 0.365.